The van der Waals surface area contributed by atoms with Gasteiger partial charge >= 0.3 is 11.9 Å². The molecular weight excluding hydrogens is 452 g/mol. The molecule has 30 heavy (non-hydrogen) atoms. The van der Waals surface area contributed by atoms with Gasteiger partial charge in [0.2, 0.25) is 5.95 Å². The van der Waals surface area contributed by atoms with Crippen molar-refractivity contribution in [2.45, 2.75) is 51.2 Å². The Morgan fingerprint density at radius 3 is 2.50 bits per heavy atom. The largest absolute Gasteiger partial charge is 0.463 e. The Labute approximate surface area is 182 Å². The van der Waals surface area contributed by atoms with E-state index in [1.54, 1.807) is 11.6 Å². The summed E-state index contributed by atoms with van der Waals surface area (Å²) in [5, 5.41) is 7.42. The minimum Gasteiger partial charge on any atom is -0.463 e. The third-order valence-corrected chi connectivity index (χ3v) is 5.98. The molecule has 0 saturated heterocycles. The minimum absolute atomic E-state index is 0.0695. The Morgan fingerprint density at radius 1 is 1.13 bits per heavy atom. The van der Waals surface area contributed by atoms with Crippen LogP contribution in [0.3, 0.4) is 0 Å². The molecule has 1 aromatic heterocycles. The molecule has 0 spiro atoms. The Balaban J connectivity index is 1.74. The van der Waals surface area contributed by atoms with Gasteiger partial charge in [0.25, 0.3) is 5.82 Å². The number of aromatic nitrogens is 3. The number of rotatable bonds is 4. The van der Waals surface area contributed by atoms with Gasteiger partial charge in [-0.25, -0.2) is 14.3 Å². The molecule has 2 aromatic rings. The lowest BCUT2D eigenvalue weighted by molar-refractivity contribution is -0.146. The number of methoxy groups -OCH3 is 1. The number of fused-ring (bicyclic) bond motifs is 1. The summed E-state index contributed by atoms with van der Waals surface area (Å²) in [4.78, 5) is 29.5. The van der Waals surface area contributed by atoms with E-state index in [9.17, 15) is 9.59 Å². The molecule has 1 unspecified atom stereocenters. The lowest BCUT2D eigenvalue weighted by Gasteiger charge is -2.30. The second kappa shape index (κ2) is 8.59. The van der Waals surface area contributed by atoms with E-state index in [0.717, 1.165) is 35.7 Å². The van der Waals surface area contributed by atoms with Crippen molar-refractivity contribution in [3.05, 3.63) is 51.4 Å². The number of carbonyl (C=O) groups excluding carboxylic acids is 2. The minimum atomic E-state index is -0.641. The van der Waals surface area contributed by atoms with E-state index in [0.29, 0.717) is 17.2 Å². The van der Waals surface area contributed by atoms with Crippen molar-refractivity contribution in [1.29, 1.82) is 0 Å². The number of anilines is 1. The summed E-state index contributed by atoms with van der Waals surface area (Å²) in [5.41, 5.74) is 1.91. The number of benzene rings is 1. The molecule has 1 aliphatic heterocycles. The monoisotopic (exact) mass is 474 g/mol. The van der Waals surface area contributed by atoms with Gasteiger partial charge in [0.15, 0.2) is 0 Å². The van der Waals surface area contributed by atoms with Crippen molar-refractivity contribution < 1.29 is 19.1 Å². The van der Waals surface area contributed by atoms with Crippen LogP contribution in [0.4, 0.5) is 5.95 Å². The maximum atomic E-state index is 13.3. The van der Waals surface area contributed by atoms with Crippen LogP contribution in [0.1, 0.15) is 61.3 Å². The highest BCUT2D eigenvalue weighted by atomic mass is 79.9. The number of ether oxygens (including phenoxy) is 2. The average Bonchev–Trinajstić information content (AvgIpc) is 3.17. The fraction of sp³-hybridized carbons (Fsp3) is 0.429. The van der Waals surface area contributed by atoms with Crippen LogP contribution in [0.5, 0.6) is 0 Å². The number of allylic oxidation sites excluding steroid dienone is 1. The van der Waals surface area contributed by atoms with Crippen molar-refractivity contribution in [1.82, 2.24) is 14.8 Å². The van der Waals surface area contributed by atoms with Crippen LogP contribution < -0.4 is 5.32 Å². The molecule has 1 atom stereocenters. The van der Waals surface area contributed by atoms with E-state index < -0.39 is 12.0 Å². The molecule has 0 radical (unpaired) electrons. The van der Waals surface area contributed by atoms with Gasteiger partial charge in [-0.2, -0.15) is 4.98 Å². The van der Waals surface area contributed by atoms with Gasteiger partial charge < -0.3 is 14.8 Å². The molecule has 0 bridgehead atoms. The molecule has 8 nitrogen and oxygen atoms in total. The third kappa shape index (κ3) is 3.98. The van der Waals surface area contributed by atoms with Crippen LogP contribution in [-0.4, -0.2) is 39.9 Å². The van der Waals surface area contributed by atoms with Gasteiger partial charge in [-0.05, 0) is 50.3 Å². The van der Waals surface area contributed by atoms with Crippen LogP contribution in [0.25, 0.3) is 0 Å². The van der Waals surface area contributed by atoms with E-state index in [2.05, 4.69) is 31.3 Å². The lowest BCUT2D eigenvalue weighted by Crippen LogP contribution is -2.32. The predicted octanol–water partition coefficient (Wildman–Crippen LogP) is 3.99. The second-order valence-electron chi connectivity index (χ2n) is 7.48. The SMILES string of the molecule is COC(=O)c1nc2n(n1)C(c1ccc(Br)cc1)C(C(=O)OC1CCCCC1)=C(C)N2. The summed E-state index contributed by atoms with van der Waals surface area (Å²) in [6.07, 6.45) is 5.02. The van der Waals surface area contributed by atoms with Crippen LogP contribution in [0, 0.1) is 0 Å². The zero-order chi connectivity index (χ0) is 21.3. The summed E-state index contributed by atoms with van der Waals surface area (Å²) in [6, 6.07) is 7.04. The molecule has 2 heterocycles. The number of nitrogens with zero attached hydrogens (tertiary/aromatic N) is 3. The van der Waals surface area contributed by atoms with E-state index >= 15 is 0 Å². The highest BCUT2D eigenvalue weighted by Crippen LogP contribution is 2.37. The number of hydrogen-bond donors (Lipinski definition) is 1. The molecule has 1 N–H and O–H groups in total. The highest BCUT2D eigenvalue weighted by molar-refractivity contribution is 9.10. The molecule has 4 rings (SSSR count). The van der Waals surface area contributed by atoms with Gasteiger partial charge in [-0.15, -0.1) is 5.10 Å². The zero-order valence-corrected chi connectivity index (χ0v) is 18.4. The second-order valence-corrected chi connectivity index (χ2v) is 8.39. The maximum Gasteiger partial charge on any atom is 0.378 e. The molecule has 1 saturated carbocycles. The smallest absolute Gasteiger partial charge is 0.378 e. The first-order valence-corrected chi connectivity index (χ1v) is 10.8. The van der Waals surface area contributed by atoms with Crippen molar-refractivity contribution in [3.8, 4) is 0 Å². The summed E-state index contributed by atoms with van der Waals surface area (Å²) in [6.45, 7) is 1.80. The zero-order valence-electron chi connectivity index (χ0n) is 16.9. The molecule has 158 valence electrons. The number of carbonyl (C=O) groups is 2. The molecule has 2 aliphatic rings. The fourth-order valence-corrected chi connectivity index (χ4v) is 4.21. The van der Waals surface area contributed by atoms with Crippen LogP contribution >= 0.6 is 15.9 Å². The Kier molecular flexibility index (Phi) is 5.90. The van der Waals surface area contributed by atoms with Crippen molar-refractivity contribution in [2.75, 3.05) is 12.4 Å². The first-order chi connectivity index (χ1) is 14.5. The van der Waals surface area contributed by atoms with Gasteiger partial charge in [0, 0.05) is 10.2 Å². The van der Waals surface area contributed by atoms with Gasteiger partial charge in [-0.3, -0.25) is 0 Å². The molecule has 0 amide bonds. The summed E-state index contributed by atoms with van der Waals surface area (Å²) in [7, 11) is 1.28. The standard InChI is InChI=1S/C21H23BrN4O4/c1-12-16(19(27)30-15-6-4-3-5-7-15)17(13-8-10-14(22)11-9-13)26-21(23-12)24-18(25-26)20(28)29-2/h8-11,15,17H,3-7H2,1-2H3,(H,23,24,25). The van der Waals surface area contributed by atoms with Gasteiger partial charge in [-0.1, -0.05) is 34.5 Å². The van der Waals surface area contributed by atoms with E-state index in [-0.39, 0.29) is 17.9 Å². The Hall–Kier alpha value is -2.68. The molecule has 9 heteroatoms. The van der Waals surface area contributed by atoms with E-state index in [1.165, 1.54) is 13.5 Å². The average molecular weight is 475 g/mol. The first-order valence-electron chi connectivity index (χ1n) is 9.97. The van der Waals surface area contributed by atoms with Crippen molar-refractivity contribution in [3.63, 3.8) is 0 Å². The maximum absolute atomic E-state index is 13.3. The summed E-state index contributed by atoms with van der Waals surface area (Å²) >= 11 is 3.44. The third-order valence-electron chi connectivity index (χ3n) is 5.45. The van der Waals surface area contributed by atoms with Gasteiger partial charge in [0.1, 0.15) is 12.1 Å². The summed E-state index contributed by atoms with van der Waals surface area (Å²) in [5.74, 6) is -0.718. The van der Waals surface area contributed by atoms with Crippen LogP contribution in [0.15, 0.2) is 40.0 Å². The Bertz CT molecular complexity index is 993. The molecule has 1 fully saturated rings. The lowest BCUT2D eigenvalue weighted by atomic mass is 9.95. The topological polar surface area (TPSA) is 95.3 Å². The van der Waals surface area contributed by atoms with Crippen molar-refractivity contribution >= 4 is 33.8 Å². The number of halogens is 1. The number of esters is 2. The highest BCUT2D eigenvalue weighted by Gasteiger charge is 2.37. The number of hydrogen-bond acceptors (Lipinski definition) is 7. The quantitative estimate of drug-likeness (QED) is 0.669. The van der Waals surface area contributed by atoms with E-state index in [4.69, 9.17) is 9.47 Å². The summed E-state index contributed by atoms with van der Waals surface area (Å²) < 4.78 is 13.1. The van der Waals surface area contributed by atoms with E-state index in [1.807, 2.05) is 24.3 Å². The van der Waals surface area contributed by atoms with Crippen molar-refractivity contribution in [2.24, 2.45) is 0 Å². The molecular formula is C21H23BrN4O4. The number of nitrogens with one attached hydrogen (secondary N) is 1. The molecule has 1 aliphatic carbocycles. The fourth-order valence-electron chi connectivity index (χ4n) is 3.94. The Morgan fingerprint density at radius 2 is 1.83 bits per heavy atom. The van der Waals surface area contributed by atoms with Gasteiger partial charge in [0.05, 0.1) is 12.7 Å². The normalized spacial score (nSPS) is 19.1. The predicted molar refractivity (Wildman–Crippen MR) is 113 cm³/mol. The van der Waals surface area contributed by atoms with Crippen LogP contribution in [-0.2, 0) is 14.3 Å². The molecule has 1 aromatic carbocycles. The van der Waals surface area contributed by atoms with Crippen LogP contribution in [0.2, 0.25) is 0 Å². The first kappa shape index (κ1) is 20.6.